The maximum Gasteiger partial charge on any atom is 0.310 e. The Labute approximate surface area is 221 Å². The van der Waals surface area contributed by atoms with Gasteiger partial charge in [0.05, 0.1) is 25.0 Å². The second kappa shape index (κ2) is 13.1. The highest BCUT2D eigenvalue weighted by Crippen LogP contribution is 2.61. The summed E-state index contributed by atoms with van der Waals surface area (Å²) in [6.45, 7) is 7.83. The molecule has 206 valence electrons. The van der Waals surface area contributed by atoms with Gasteiger partial charge in [-0.25, -0.2) is 0 Å². The molecule has 0 spiro atoms. The number of esters is 2. The summed E-state index contributed by atoms with van der Waals surface area (Å²) >= 11 is 0. The van der Waals surface area contributed by atoms with E-state index >= 15 is 0 Å². The summed E-state index contributed by atoms with van der Waals surface area (Å²) in [6.07, 6.45) is 20.8. The smallest absolute Gasteiger partial charge is 0.310 e. The van der Waals surface area contributed by atoms with Gasteiger partial charge >= 0.3 is 11.9 Å². The molecule has 0 aromatic heterocycles. The summed E-state index contributed by atoms with van der Waals surface area (Å²) in [6, 6.07) is 0. The minimum absolute atomic E-state index is 0.0966. The molecule has 4 fully saturated rings. The second-order valence-electron chi connectivity index (χ2n) is 13.5. The molecule has 0 aliphatic heterocycles. The zero-order valence-electron chi connectivity index (χ0n) is 23.6. The first-order chi connectivity index (χ1) is 17.4. The van der Waals surface area contributed by atoms with Crippen LogP contribution in [0.15, 0.2) is 0 Å². The first-order valence-corrected chi connectivity index (χ1v) is 15.8. The minimum Gasteiger partial charge on any atom is -0.465 e. The van der Waals surface area contributed by atoms with E-state index in [1.807, 2.05) is 0 Å². The summed E-state index contributed by atoms with van der Waals surface area (Å²) in [7, 11) is 0. The van der Waals surface area contributed by atoms with Crippen molar-refractivity contribution in [3.63, 3.8) is 0 Å². The van der Waals surface area contributed by atoms with E-state index in [0.717, 1.165) is 31.1 Å². The molecule has 0 aromatic rings. The van der Waals surface area contributed by atoms with Gasteiger partial charge in [-0.05, 0) is 80.0 Å². The number of ether oxygens (including phenoxy) is 2. The van der Waals surface area contributed by atoms with Crippen LogP contribution < -0.4 is 0 Å². The lowest BCUT2D eigenvalue weighted by molar-refractivity contribution is -0.167. The fourth-order valence-electron chi connectivity index (χ4n) is 8.32. The van der Waals surface area contributed by atoms with Gasteiger partial charge in [0.25, 0.3) is 0 Å². The fourth-order valence-corrected chi connectivity index (χ4v) is 8.32. The molecule has 36 heavy (non-hydrogen) atoms. The largest absolute Gasteiger partial charge is 0.465 e. The number of unbranched alkanes of at least 4 members (excludes halogenated alkanes) is 2. The molecule has 4 unspecified atom stereocenters. The Morgan fingerprint density at radius 1 is 0.694 bits per heavy atom. The average Bonchev–Trinajstić information content (AvgIpc) is 3.43. The molecular weight excluding hydrogens is 448 g/mol. The van der Waals surface area contributed by atoms with E-state index in [0.29, 0.717) is 31.0 Å². The van der Waals surface area contributed by atoms with Gasteiger partial charge in [-0.3, -0.25) is 9.59 Å². The summed E-state index contributed by atoms with van der Waals surface area (Å²) in [5, 5.41) is 0. The highest BCUT2D eigenvalue weighted by atomic mass is 16.5. The van der Waals surface area contributed by atoms with Crippen LogP contribution >= 0.6 is 0 Å². The highest BCUT2D eigenvalue weighted by molar-refractivity contribution is 5.84. The number of hydrogen-bond acceptors (Lipinski definition) is 4. The molecule has 4 aliphatic carbocycles. The molecule has 0 amide bonds. The third-order valence-electron chi connectivity index (χ3n) is 10.7. The molecule has 0 heterocycles. The summed E-state index contributed by atoms with van der Waals surface area (Å²) in [5.41, 5.74) is -0.0966. The van der Waals surface area contributed by atoms with Crippen LogP contribution in [0.3, 0.4) is 0 Å². The second-order valence-corrected chi connectivity index (χ2v) is 13.5. The van der Waals surface area contributed by atoms with Crippen molar-refractivity contribution < 1.29 is 19.1 Å². The zero-order chi connectivity index (χ0) is 25.5. The van der Waals surface area contributed by atoms with Crippen LogP contribution in [0.4, 0.5) is 0 Å². The van der Waals surface area contributed by atoms with Crippen molar-refractivity contribution in [2.45, 2.75) is 130 Å². The zero-order valence-corrected chi connectivity index (χ0v) is 23.6. The molecule has 0 radical (unpaired) electrons. The predicted molar refractivity (Wildman–Crippen MR) is 144 cm³/mol. The lowest BCUT2D eigenvalue weighted by atomic mass is 9.71. The number of fused-ring (bicyclic) bond motifs is 2. The SMILES string of the molecule is CCCCC1CCC(COC(=O)C2C3CCC(C)(C3)C2C(=O)OCC2CCC(CCCC)CC2)CC1. The standard InChI is InChI=1S/C32H54O4/c1-4-6-8-23-10-14-25(15-11-23)21-35-30(33)28-27-18-19-32(3,20-27)29(28)31(34)36-22-26-16-12-24(13-17-26)9-7-5-2/h23-29H,4-22H2,1-3H3. The maximum absolute atomic E-state index is 13.4. The van der Waals surface area contributed by atoms with Gasteiger partial charge in [-0.15, -0.1) is 0 Å². The van der Waals surface area contributed by atoms with Crippen molar-refractivity contribution in [1.29, 1.82) is 0 Å². The van der Waals surface area contributed by atoms with Crippen molar-refractivity contribution >= 4 is 11.9 Å². The summed E-state index contributed by atoms with van der Waals surface area (Å²) in [4.78, 5) is 26.7. The molecule has 4 nitrogen and oxygen atoms in total. The van der Waals surface area contributed by atoms with Crippen LogP contribution in [0.25, 0.3) is 0 Å². The van der Waals surface area contributed by atoms with Crippen LogP contribution in [0.1, 0.15) is 130 Å². The van der Waals surface area contributed by atoms with Crippen LogP contribution in [0.5, 0.6) is 0 Å². The molecule has 4 aliphatic rings. The molecular formula is C32H54O4. The molecule has 4 saturated carbocycles. The quantitative estimate of drug-likeness (QED) is 0.253. The van der Waals surface area contributed by atoms with Crippen LogP contribution in [0.2, 0.25) is 0 Å². The van der Waals surface area contributed by atoms with Crippen LogP contribution in [-0.4, -0.2) is 25.2 Å². The Balaban J connectivity index is 1.24. The lowest BCUT2D eigenvalue weighted by Crippen LogP contribution is -2.41. The normalized spacial score (nSPS) is 38.1. The number of carbonyl (C=O) groups excluding carboxylic acids is 2. The lowest BCUT2D eigenvalue weighted by Gasteiger charge is -2.35. The topological polar surface area (TPSA) is 52.6 Å². The Morgan fingerprint density at radius 3 is 1.67 bits per heavy atom. The molecule has 2 bridgehead atoms. The average molecular weight is 503 g/mol. The molecule has 4 heteroatoms. The van der Waals surface area contributed by atoms with Gasteiger partial charge in [0.1, 0.15) is 0 Å². The number of rotatable bonds is 12. The van der Waals surface area contributed by atoms with Crippen molar-refractivity contribution in [3.05, 3.63) is 0 Å². The van der Waals surface area contributed by atoms with Crippen molar-refractivity contribution in [1.82, 2.24) is 0 Å². The molecule has 4 rings (SSSR count). The van der Waals surface area contributed by atoms with Crippen LogP contribution in [0, 0.1) is 46.8 Å². The Bertz CT molecular complexity index is 703. The summed E-state index contributed by atoms with van der Waals surface area (Å²) in [5.74, 6) is 2.19. The van der Waals surface area contributed by atoms with E-state index in [2.05, 4.69) is 20.8 Å². The number of carbonyl (C=O) groups is 2. The van der Waals surface area contributed by atoms with Crippen LogP contribution in [-0.2, 0) is 19.1 Å². The van der Waals surface area contributed by atoms with Gasteiger partial charge in [-0.2, -0.15) is 0 Å². The minimum atomic E-state index is -0.311. The first kappa shape index (κ1) is 28.0. The first-order valence-electron chi connectivity index (χ1n) is 15.8. The fraction of sp³-hybridized carbons (Fsp3) is 0.938. The van der Waals surface area contributed by atoms with E-state index in [4.69, 9.17) is 9.47 Å². The van der Waals surface area contributed by atoms with E-state index in [1.165, 1.54) is 89.9 Å². The van der Waals surface area contributed by atoms with Gasteiger partial charge in [0, 0.05) is 0 Å². The maximum atomic E-state index is 13.4. The molecule has 0 N–H and O–H groups in total. The van der Waals surface area contributed by atoms with E-state index in [9.17, 15) is 9.59 Å². The van der Waals surface area contributed by atoms with E-state index < -0.39 is 0 Å². The van der Waals surface area contributed by atoms with Crippen molar-refractivity contribution in [2.75, 3.05) is 13.2 Å². The Morgan fingerprint density at radius 2 is 1.17 bits per heavy atom. The monoisotopic (exact) mass is 502 g/mol. The van der Waals surface area contributed by atoms with Crippen molar-refractivity contribution in [3.8, 4) is 0 Å². The molecule has 4 atom stereocenters. The predicted octanol–water partition coefficient (Wildman–Crippen LogP) is 8.12. The Kier molecular flexibility index (Phi) is 10.2. The van der Waals surface area contributed by atoms with E-state index in [-0.39, 0.29) is 29.2 Å². The van der Waals surface area contributed by atoms with E-state index in [1.54, 1.807) is 0 Å². The highest BCUT2D eigenvalue weighted by Gasteiger charge is 2.61. The van der Waals surface area contributed by atoms with Gasteiger partial charge in [0.2, 0.25) is 0 Å². The third-order valence-corrected chi connectivity index (χ3v) is 10.7. The van der Waals surface area contributed by atoms with Crippen molar-refractivity contribution in [2.24, 2.45) is 46.8 Å². The third kappa shape index (κ3) is 6.87. The van der Waals surface area contributed by atoms with Gasteiger partial charge in [-0.1, -0.05) is 85.0 Å². The summed E-state index contributed by atoms with van der Waals surface area (Å²) < 4.78 is 11.9. The number of hydrogen-bond donors (Lipinski definition) is 0. The molecule has 0 aromatic carbocycles. The molecule has 0 saturated heterocycles. The Hall–Kier alpha value is -1.06. The van der Waals surface area contributed by atoms with Gasteiger partial charge in [0.15, 0.2) is 0 Å². The van der Waals surface area contributed by atoms with Gasteiger partial charge < -0.3 is 9.47 Å².